The minimum Gasteiger partial charge on any atom is -0.469 e. The van der Waals surface area contributed by atoms with Gasteiger partial charge in [-0.2, -0.15) is 0 Å². The van der Waals surface area contributed by atoms with E-state index >= 15 is 0 Å². The van der Waals surface area contributed by atoms with E-state index in [9.17, 15) is 4.79 Å². The number of rotatable bonds is 1. The van der Waals surface area contributed by atoms with Gasteiger partial charge in [0.2, 0.25) is 0 Å². The summed E-state index contributed by atoms with van der Waals surface area (Å²) < 4.78 is 4.72. The topological polar surface area (TPSA) is 58.9 Å². The van der Waals surface area contributed by atoms with Crippen LogP contribution in [0, 0.1) is 5.92 Å². The Morgan fingerprint density at radius 3 is 2.94 bits per heavy atom. The first kappa shape index (κ1) is 11.9. The average Bonchev–Trinajstić information content (AvgIpc) is 2.36. The molecule has 0 heterocycles. The molecule has 1 aliphatic rings. The van der Waals surface area contributed by atoms with Gasteiger partial charge in [0.25, 0.3) is 0 Å². The van der Waals surface area contributed by atoms with E-state index in [-0.39, 0.29) is 11.9 Å². The van der Waals surface area contributed by atoms with E-state index in [2.05, 4.69) is 5.16 Å². The summed E-state index contributed by atoms with van der Waals surface area (Å²) in [4.78, 5) is 11.5. The number of hydrogen-bond donors (Lipinski definition) is 1. The molecule has 4 nitrogen and oxygen atoms in total. The number of methoxy groups -OCH3 is 1. The molecule has 0 radical (unpaired) electrons. The van der Waals surface area contributed by atoms with Gasteiger partial charge in [0, 0.05) is 17.0 Å². The number of carbonyl (C=O) groups is 1. The minimum absolute atomic E-state index is 0.285. The van der Waals surface area contributed by atoms with E-state index in [1.807, 2.05) is 6.07 Å². The van der Waals surface area contributed by atoms with Gasteiger partial charge in [0.05, 0.1) is 18.7 Å². The molecule has 0 bridgehead atoms. The van der Waals surface area contributed by atoms with E-state index in [1.165, 1.54) is 7.11 Å². The van der Waals surface area contributed by atoms with Crippen molar-refractivity contribution in [2.75, 3.05) is 7.11 Å². The Kier molecular flexibility index (Phi) is 3.33. The van der Waals surface area contributed by atoms with Crippen LogP contribution in [0.15, 0.2) is 23.4 Å². The van der Waals surface area contributed by atoms with Crippen LogP contribution in [0.2, 0.25) is 5.02 Å². The first-order chi connectivity index (χ1) is 8.15. The molecule has 1 aromatic rings. The minimum atomic E-state index is -0.292. The Balaban J connectivity index is 2.40. The lowest BCUT2D eigenvalue weighted by molar-refractivity contribution is -0.145. The summed E-state index contributed by atoms with van der Waals surface area (Å²) in [6.45, 7) is 0. The Morgan fingerprint density at radius 2 is 2.29 bits per heavy atom. The number of fused-ring (bicyclic) bond motifs is 1. The standard InChI is InChI=1S/C12H12ClNO3/c1-17-12(15)8-4-7-2-3-9(13)6-10(7)11(5-8)14-16/h2-3,6,8,16H,4-5H2,1H3. The Bertz CT molecular complexity index is 485. The summed E-state index contributed by atoms with van der Waals surface area (Å²) in [5.74, 6) is -0.577. The van der Waals surface area contributed by atoms with E-state index in [0.717, 1.165) is 11.1 Å². The maximum absolute atomic E-state index is 11.5. The number of oxime groups is 1. The highest BCUT2D eigenvalue weighted by Gasteiger charge is 2.29. The van der Waals surface area contributed by atoms with Crippen LogP contribution in [-0.2, 0) is 16.0 Å². The zero-order valence-electron chi connectivity index (χ0n) is 9.31. The highest BCUT2D eigenvalue weighted by Crippen LogP contribution is 2.28. The number of esters is 1. The molecule has 0 aliphatic heterocycles. The molecule has 0 aromatic heterocycles. The Labute approximate surface area is 104 Å². The van der Waals surface area contributed by atoms with Crippen LogP contribution in [0.4, 0.5) is 0 Å². The predicted octanol–water partition coefficient (Wildman–Crippen LogP) is 2.25. The molecule has 1 N–H and O–H groups in total. The SMILES string of the molecule is COC(=O)C1CC(=NO)c2cc(Cl)ccc2C1. The smallest absolute Gasteiger partial charge is 0.309 e. The molecule has 17 heavy (non-hydrogen) atoms. The van der Waals surface area contributed by atoms with Crippen molar-refractivity contribution < 1.29 is 14.7 Å². The molecule has 5 heteroatoms. The zero-order chi connectivity index (χ0) is 12.4. The highest BCUT2D eigenvalue weighted by atomic mass is 35.5. The van der Waals surface area contributed by atoms with Crippen molar-refractivity contribution in [2.24, 2.45) is 11.1 Å². The number of nitrogens with zero attached hydrogens (tertiary/aromatic N) is 1. The normalized spacial score (nSPS) is 21.1. The van der Waals surface area contributed by atoms with Crippen LogP contribution in [0.1, 0.15) is 17.5 Å². The van der Waals surface area contributed by atoms with Crippen LogP contribution in [-0.4, -0.2) is 24.0 Å². The lowest BCUT2D eigenvalue weighted by Gasteiger charge is -2.23. The van der Waals surface area contributed by atoms with Crippen molar-refractivity contribution in [3.05, 3.63) is 34.3 Å². The average molecular weight is 254 g/mol. The molecule has 1 aliphatic carbocycles. The Hall–Kier alpha value is -1.55. The second-order valence-corrected chi connectivity index (χ2v) is 4.41. The molecular weight excluding hydrogens is 242 g/mol. The lowest BCUT2D eigenvalue weighted by Crippen LogP contribution is -2.27. The molecule has 0 saturated heterocycles. The van der Waals surface area contributed by atoms with Gasteiger partial charge < -0.3 is 9.94 Å². The van der Waals surface area contributed by atoms with Gasteiger partial charge in [-0.3, -0.25) is 4.79 Å². The predicted molar refractivity (Wildman–Crippen MR) is 63.6 cm³/mol. The van der Waals surface area contributed by atoms with Crippen LogP contribution in [0.25, 0.3) is 0 Å². The highest BCUT2D eigenvalue weighted by molar-refractivity contribution is 6.31. The third-order valence-electron chi connectivity index (χ3n) is 2.94. The van der Waals surface area contributed by atoms with E-state index in [4.69, 9.17) is 21.5 Å². The van der Waals surface area contributed by atoms with Gasteiger partial charge in [-0.15, -0.1) is 0 Å². The first-order valence-corrected chi connectivity index (χ1v) is 5.61. The zero-order valence-corrected chi connectivity index (χ0v) is 10.1. The first-order valence-electron chi connectivity index (χ1n) is 5.23. The van der Waals surface area contributed by atoms with Crippen molar-refractivity contribution in [3.63, 3.8) is 0 Å². The molecule has 0 spiro atoms. The fraction of sp³-hybridized carbons (Fsp3) is 0.333. The second-order valence-electron chi connectivity index (χ2n) is 3.98. The van der Waals surface area contributed by atoms with E-state index < -0.39 is 0 Å². The van der Waals surface area contributed by atoms with E-state index in [0.29, 0.717) is 23.6 Å². The third-order valence-corrected chi connectivity index (χ3v) is 3.18. The fourth-order valence-electron chi connectivity index (χ4n) is 2.10. The van der Waals surface area contributed by atoms with E-state index in [1.54, 1.807) is 12.1 Å². The molecule has 0 fully saturated rings. The number of ether oxygens (including phenoxy) is 1. The quantitative estimate of drug-likeness (QED) is 0.474. The van der Waals surface area contributed by atoms with Crippen LogP contribution in [0.5, 0.6) is 0 Å². The maximum atomic E-state index is 11.5. The van der Waals surface area contributed by atoms with Gasteiger partial charge in [-0.25, -0.2) is 0 Å². The lowest BCUT2D eigenvalue weighted by atomic mass is 9.82. The van der Waals surface area contributed by atoms with Crippen LogP contribution < -0.4 is 0 Å². The fourth-order valence-corrected chi connectivity index (χ4v) is 2.28. The molecule has 2 rings (SSSR count). The largest absolute Gasteiger partial charge is 0.469 e. The molecule has 1 unspecified atom stereocenters. The number of carbonyl (C=O) groups excluding carboxylic acids is 1. The van der Waals surface area contributed by atoms with Gasteiger partial charge in [-0.1, -0.05) is 22.8 Å². The molecule has 90 valence electrons. The molecule has 0 amide bonds. The number of benzene rings is 1. The maximum Gasteiger partial charge on any atom is 0.309 e. The molecule has 1 aromatic carbocycles. The van der Waals surface area contributed by atoms with Crippen molar-refractivity contribution in [2.45, 2.75) is 12.8 Å². The summed E-state index contributed by atoms with van der Waals surface area (Å²) in [7, 11) is 1.36. The number of halogens is 1. The Morgan fingerprint density at radius 1 is 1.53 bits per heavy atom. The summed E-state index contributed by atoms with van der Waals surface area (Å²) in [6, 6.07) is 5.35. The van der Waals surface area contributed by atoms with Crippen molar-refractivity contribution in [1.29, 1.82) is 0 Å². The van der Waals surface area contributed by atoms with Crippen LogP contribution >= 0.6 is 11.6 Å². The number of hydrogen-bond acceptors (Lipinski definition) is 4. The van der Waals surface area contributed by atoms with Crippen molar-refractivity contribution in [1.82, 2.24) is 0 Å². The summed E-state index contributed by atoms with van der Waals surface area (Å²) in [6.07, 6.45) is 0.953. The molecular formula is C12H12ClNO3. The monoisotopic (exact) mass is 253 g/mol. The van der Waals surface area contributed by atoms with Crippen molar-refractivity contribution in [3.8, 4) is 0 Å². The molecule has 1 atom stereocenters. The molecule has 0 saturated carbocycles. The summed E-state index contributed by atoms with van der Waals surface area (Å²) in [5.41, 5.74) is 2.23. The van der Waals surface area contributed by atoms with Gasteiger partial charge in [0.15, 0.2) is 0 Å². The summed E-state index contributed by atoms with van der Waals surface area (Å²) in [5, 5.41) is 12.8. The van der Waals surface area contributed by atoms with Crippen molar-refractivity contribution >= 4 is 23.3 Å². The van der Waals surface area contributed by atoms with Gasteiger partial charge in [-0.05, 0) is 24.1 Å². The van der Waals surface area contributed by atoms with Crippen LogP contribution in [0.3, 0.4) is 0 Å². The third kappa shape index (κ3) is 2.26. The van der Waals surface area contributed by atoms with Gasteiger partial charge in [0.1, 0.15) is 0 Å². The van der Waals surface area contributed by atoms with Gasteiger partial charge >= 0.3 is 5.97 Å². The second kappa shape index (κ2) is 4.75. The summed E-state index contributed by atoms with van der Waals surface area (Å²) >= 11 is 5.90.